The average Bonchev–Trinajstić information content (AvgIpc) is 2.70. The highest BCUT2D eigenvalue weighted by atomic mass is 19.1. The maximum absolute atomic E-state index is 13.5. The number of aromatic hydroxyl groups is 1. The monoisotopic (exact) mass is 389 g/mol. The van der Waals surface area contributed by atoms with Gasteiger partial charge < -0.3 is 15.2 Å². The number of carbonyl (C=O) groups is 1. The van der Waals surface area contributed by atoms with Gasteiger partial charge in [0.1, 0.15) is 0 Å². The molecule has 3 rings (SSSR count). The predicted octanol–water partition coefficient (Wildman–Crippen LogP) is 4.68. The molecule has 0 radical (unpaired) electrons. The molecule has 2 aromatic rings. The summed E-state index contributed by atoms with van der Waals surface area (Å²) in [6.45, 7) is 1.05. The lowest BCUT2D eigenvalue weighted by molar-refractivity contribution is 0.0940. The average molecular weight is 389 g/mol. The van der Waals surface area contributed by atoms with Crippen molar-refractivity contribution in [2.45, 2.75) is 32.1 Å². The second-order valence-electron chi connectivity index (χ2n) is 7.33. The fraction of sp³-hybridized carbons (Fsp3) is 0.409. The van der Waals surface area contributed by atoms with Crippen LogP contribution in [0.1, 0.15) is 42.5 Å². The minimum absolute atomic E-state index is 0.203. The smallest absolute Gasteiger partial charge is 0.251 e. The van der Waals surface area contributed by atoms with E-state index in [0.717, 1.165) is 38.2 Å². The third-order valence-corrected chi connectivity index (χ3v) is 5.35. The van der Waals surface area contributed by atoms with E-state index in [4.69, 9.17) is 4.74 Å². The number of nitrogens with one attached hydrogen (secondary N) is 1. The summed E-state index contributed by atoms with van der Waals surface area (Å²) in [6.07, 6.45) is 5.01. The van der Waals surface area contributed by atoms with Gasteiger partial charge >= 0.3 is 0 Å². The summed E-state index contributed by atoms with van der Waals surface area (Å²) >= 11 is 0. The van der Waals surface area contributed by atoms with E-state index in [0.29, 0.717) is 30.7 Å². The highest BCUT2D eigenvalue weighted by molar-refractivity contribution is 5.94. The number of benzene rings is 2. The zero-order valence-electron chi connectivity index (χ0n) is 15.7. The number of amides is 1. The number of ether oxygens (including phenoxy) is 1. The van der Waals surface area contributed by atoms with E-state index in [1.807, 2.05) is 0 Å². The molecule has 1 saturated carbocycles. The van der Waals surface area contributed by atoms with Gasteiger partial charge in [-0.2, -0.15) is 0 Å². The molecule has 0 heterocycles. The molecule has 0 bridgehead atoms. The fourth-order valence-electron chi connectivity index (χ4n) is 3.61. The summed E-state index contributed by atoms with van der Waals surface area (Å²) in [5.41, 5.74) is 0.203. The normalized spacial score (nSPS) is 19.2. The van der Waals surface area contributed by atoms with E-state index >= 15 is 0 Å². The lowest BCUT2D eigenvalue weighted by Crippen LogP contribution is -2.31. The maximum atomic E-state index is 13.5. The van der Waals surface area contributed by atoms with Gasteiger partial charge in [0.25, 0.3) is 5.91 Å². The van der Waals surface area contributed by atoms with Crippen LogP contribution in [0.2, 0.25) is 0 Å². The van der Waals surface area contributed by atoms with Crippen molar-refractivity contribution in [2.24, 2.45) is 11.8 Å². The Balaban J connectivity index is 1.35. The number of hydrogen-bond donors (Lipinski definition) is 2. The lowest BCUT2D eigenvalue weighted by atomic mass is 9.80. The van der Waals surface area contributed by atoms with Gasteiger partial charge in [0.2, 0.25) is 0 Å². The Morgan fingerprint density at radius 3 is 2.46 bits per heavy atom. The zero-order chi connectivity index (χ0) is 19.9. The molecule has 0 unspecified atom stereocenters. The number of para-hydroxylation sites is 1. The van der Waals surface area contributed by atoms with Crippen LogP contribution in [-0.2, 0) is 0 Å². The van der Waals surface area contributed by atoms with Crippen LogP contribution in [0.25, 0.3) is 0 Å². The Hall–Kier alpha value is -2.63. The van der Waals surface area contributed by atoms with Gasteiger partial charge in [-0.3, -0.25) is 4.79 Å². The first-order valence-corrected chi connectivity index (χ1v) is 9.67. The summed E-state index contributed by atoms with van der Waals surface area (Å²) < 4.78 is 32.4. The molecule has 0 spiro atoms. The van der Waals surface area contributed by atoms with Crippen LogP contribution in [-0.4, -0.2) is 24.2 Å². The minimum Gasteiger partial charge on any atom is -0.505 e. The van der Waals surface area contributed by atoms with Gasteiger partial charge in [-0.05, 0) is 74.3 Å². The second-order valence-corrected chi connectivity index (χ2v) is 7.33. The van der Waals surface area contributed by atoms with E-state index in [2.05, 4.69) is 5.32 Å². The van der Waals surface area contributed by atoms with Crippen LogP contribution in [0.4, 0.5) is 8.78 Å². The van der Waals surface area contributed by atoms with E-state index in [1.165, 1.54) is 18.2 Å². The van der Waals surface area contributed by atoms with Gasteiger partial charge in [0.05, 0.1) is 6.61 Å². The Morgan fingerprint density at radius 1 is 1.04 bits per heavy atom. The van der Waals surface area contributed by atoms with Crippen molar-refractivity contribution in [3.63, 3.8) is 0 Å². The molecule has 150 valence electrons. The molecule has 4 nitrogen and oxygen atoms in total. The molecule has 0 aliphatic heterocycles. The largest absolute Gasteiger partial charge is 0.505 e. The van der Waals surface area contributed by atoms with Crippen molar-refractivity contribution < 1.29 is 23.4 Å². The second kappa shape index (κ2) is 9.53. The highest BCUT2D eigenvalue weighted by Gasteiger charge is 2.22. The number of halogens is 2. The topological polar surface area (TPSA) is 58.6 Å². The number of phenolic OH excluding ortho intramolecular Hbond substituents is 1. The first-order valence-electron chi connectivity index (χ1n) is 9.67. The van der Waals surface area contributed by atoms with Gasteiger partial charge in [0, 0.05) is 12.1 Å². The molecule has 0 aromatic heterocycles. The van der Waals surface area contributed by atoms with Crippen molar-refractivity contribution in [2.75, 3.05) is 13.2 Å². The SMILES string of the molecule is O=C(NCC1CCC(CCOc2ccccc2F)CC1)c1ccc(O)c(F)c1. The van der Waals surface area contributed by atoms with Gasteiger partial charge in [-0.15, -0.1) is 0 Å². The molecule has 28 heavy (non-hydrogen) atoms. The fourth-order valence-corrected chi connectivity index (χ4v) is 3.61. The summed E-state index contributed by atoms with van der Waals surface area (Å²) in [6, 6.07) is 10.0. The Labute approximate surface area is 163 Å². The van der Waals surface area contributed by atoms with Crippen LogP contribution in [0.5, 0.6) is 11.5 Å². The van der Waals surface area contributed by atoms with Crippen LogP contribution < -0.4 is 10.1 Å². The molecule has 1 amide bonds. The quantitative estimate of drug-likeness (QED) is 0.723. The number of rotatable bonds is 7. The summed E-state index contributed by atoms with van der Waals surface area (Å²) in [5.74, 6) is -0.696. The maximum Gasteiger partial charge on any atom is 0.251 e. The molecule has 0 saturated heterocycles. The van der Waals surface area contributed by atoms with Crippen LogP contribution in [0.3, 0.4) is 0 Å². The van der Waals surface area contributed by atoms with E-state index in [-0.39, 0.29) is 17.3 Å². The molecule has 2 aromatic carbocycles. The number of carbonyl (C=O) groups excluding carboxylic acids is 1. The highest BCUT2D eigenvalue weighted by Crippen LogP contribution is 2.31. The molecule has 1 fully saturated rings. The molecular formula is C22H25F2NO3. The van der Waals surface area contributed by atoms with Gasteiger partial charge in [-0.25, -0.2) is 8.78 Å². The Kier molecular flexibility index (Phi) is 6.85. The molecule has 1 aliphatic carbocycles. The van der Waals surface area contributed by atoms with Crippen molar-refractivity contribution in [1.82, 2.24) is 5.32 Å². The zero-order valence-corrected chi connectivity index (χ0v) is 15.7. The van der Waals surface area contributed by atoms with E-state index in [9.17, 15) is 18.7 Å². The minimum atomic E-state index is -0.800. The Bertz CT molecular complexity index is 804. The molecule has 2 N–H and O–H groups in total. The molecule has 0 atom stereocenters. The van der Waals surface area contributed by atoms with Crippen molar-refractivity contribution in [1.29, 1.82) is 0 Å². The summed E-state index contributed by atoms with van der Waals surface area (Å²) in [4.78, 5) is 12.1. The standard InChI is InChI=1S/C22H25F2NO3/c23-18-3-1-2-4-21(18)28-12-11-15-5-7-16(8-6-15)14-25-22(27)17-9-10-20(26)19(24)13-17/h1-4,9-10,13,15-16,26H,5-8,11-12,14H2,(H,25,27). The van der Waals surface area contributed by atoms with Crippen LogP contribution >= 0.6 is 0 Å². The van der Waals surface area contributed by atoms with Crippen molar-refractivity contribution >= 4 is 5.91 Å². The first-order chi connectivity index (χ1) is 13.5. The van der Waals surface area contributed by atoms with Crippen LogP contribution in [0.15, 0.2) is 42.5 Å². The number of phenols is 1. The molecule has 6 heteroatoms. The van der Waals surface area contributed by atoms with Crippen LogP contribution in [0, 0.1) is 23.5 Å². The van der Waals surface area contributed by atoms with E-state index in [1.54, 1.807) is 18.2 Å². The predicted molar refractivity (Wildman–Crippen MR) is 102 cm³/mol. The van der Waals surface area contributed by atoms with E-state index < -0.39 is 11.6 Å². The first kappa shape index (κ1) is 20.1. The third-order valence-electron chi connectivity index (χ3n) is 5.35. The van der Waals surface area contributed by atoms with Gasteiger partial charge in [0.15, 0.2) is 23.1 Å². The Morgan fingerprint density at radius 2 is 1.75 bits per heavy atom. The molecule has 1 aliphatic rings. The van der Waals surface area contributed by atoms with Crippen molar-refractivity contribution in [3.05, 3.63) is 59.7 Å². The van der Waals surface area contributed by atoms with Crippen molar-refractivity contribution in [3.8, 4) is 11.5 Å². The molecular weight excluding hydrogens is 364 g/mol. The summed E-state index contributed by atoms with van der Waals surface area (Å²) in [5, 5.41) is 12.0. The number of hydrogen-bond acceptors (Lipinski definition) is 3. The summed E-state index contributed by atoms with van der Waals surface area (Å²) in [7, 11) is 0. The third kappa shape index (κ3) is 5.44. The van der Waals surface area contributed by atoms with Gasteiger partial charge in [-0.1, -0.05) is 12.1 Å². The lowest BCUT2D eigenvalue weighted by Gasteiger charge is -2.28.